The summed E-state index contributed by atoms with van der Waals surface area (Å²) in [6.07, 6.45) is 2.03. The Bertz CT molecular complexity index is 849. The monoisotopic (exact) mass is 289 g/mol. The lowest BCUT2D eigenvalue weighted by Gasteiger charge is -2.31. The van der Waals surface area contributed by atoms with Gasteiger partial charge in [0, 0.05) is 23.1 Å². The fourth-order valence-corrected chi connectivity index (χ4v) is 2.89. The van der Waals surface area contributed by atoms with E-state index in [0.717, 1.165) is 17.1 Å². The van der Waals surface area contributed by atoms with Crippen LogP contribution in [0.1, 0.15) is 16.1 Å². The van der Waals surface area contributed by atoms with Crippen LogP contribution in [0.5, 0.6) is 0 Å². The van der Waals surface area contributed by atoms with Gasteiger partial charge in [-0.3, -0.25) is 4.79 Å². The van der Waals surface area contributed by atoms with Gasteiger partial charge in [0.15, 0.2) is 0 Å². The first kappa shape index (κ1) is 12.7. The van der Waals surface area contributed by atoms with Crippen LogP contribution in [0.25, 0.3) is 5.69 Å². The molecule has 108 valence electrons. The van der Waals surface area contributed by atoms with Crippen LogP contribution in [0.4, 0.5) is 11.4 Å². The molecule has 4 nitrogen and oxygen atoms in total. The quantitative estimate of drug-likeness (QED) is 0.699. The van der Waals surface area contributed by atoms with Crippen LogP contribution >= 0.6 is 0 Å². The number of carbonyl (C=O) groups excluding carboxylic acids is 1. The Balaban J connectivity index is 1.80. The molecule has 0 spiro atoms. The number of nitrogen functional groups attached to an aromatic ring is 1. The zero-order chi connectivity index (χ0) is 15.1. The molecule has 2 N–H and O–H groups in total. The third-order valence-corrected chi connectivity index (χ3v) is 3.99. The second-order valence-corrected chi connectivity index (χ2v) is 5.37. The lowest BCUT2D eigenvalue weighted by atomic mass is 10.1. The maximum Gasteiger partial charge on any atom is 0.258 e. The second kappa shape index (κ2) is 4.77. The van der Waals surface area contributed by atoms with Crippen molar-refractivity contribution in [2.45, 2.75) is 6.54 Å². The molecular weight excluding hydrogens is 274 g/mol. The SMILES string of the molecule is Nc1ccc(C(=O)N2Cc3cccn3-c3ccccc32)cc1. The summed E-state index contributed by atoms with van der Waals surface area (Å²) in [6, 6.07) is 19.0. The third kappa shape index (κ3) is 1.89. The van der Waals surface area contributed by atoms with Gasteiger partial charge in [-0.1, -0.05) is 12.1 Å². The van der Waals surface area contributed by atoms with Crippen molar-refractivity contribution in [1.82, 2.24) is 4.57 Å². The molecule has 0 saturated heterocycles. The number of para-hydroxylation sites is 2. The lowest BCUT2D eigenvalue weighted by molar-refractivity contribution is 0.0984. The van der Waals surface area contributed by atoms with E-state index in [2.05, 4.69) is 4.57 Å². The van der Waals surface area contributed by atoms with Crippen molar-refractivity contribution < 1.29 is 4.79 Å². The van der Waals surface area contributed by atoms with Gasteiger partial charge >= 0.3 is 0 Å². The number of carbonyl (C=O) groups is 1. The second-order valence-electron chi connectivity index (χ2n) is 5.37. The van der Waals surface area contributed by atoms with Crippen LogP contribution < -0.4 is 10.6 Å². The molecule has 4 rings (SSSR count). The van der Waals surface area contributed by atoms with Crippen molar-refractivity contribution in [3.8, 4) is 5.69 Å². The topological polar surface area (TPSA) is 51.3 Å². The smallest absolute Gasteiger partial charge is 0.258 e. The first-order chi connectivity index (χ1) is 10.7. The van der Waals surface area contributed by atoms with E-state index in [1.165, 1.54) is 0 Å². The van der Waals surface area contributed by atoms with E-state index in [4.69, 9.17) is 5.73 Å². The van der Waals surface area contributed by atoms with Crippen LogP contribution in [0.15, 0.2) is 66.9 Å². The summed E-state index contributed by atoms with van der Waals surface area (Å²) in [6.45, 7) is 0.563. The first-order valence-corrected chi connectivity index (χ1v) is 7.17. The Morgan fingerprint density at radius 3 is 2.41 bits per heavy atom. The summed E-state index contributed by atoms with van der Waals surface area (Å²) >= 11 is 0. The number of nitrogens with two attached hydrogens (primary N) is 1. The summed E-state index contributed by atoms with van der Waals surface area (Å²) in [5.41, 5.74) is 10.1. The fraction of sp³-hybridized carbons (Fsp3) is 0.0556. The molecule has 0 atom stereocenters. The third-order valence-electron chi connectivity index (χ3n) is 3.99. The number of aromatic nitrogens is 1. The highest BCUT2D eigenvalue weighted by molar-refractivity contribution is 6.07. The van der Waals surface area contributed by atoms with Crippen molar-refractivity contribution in [3.05, 3.63) is 78.1 Å². The number of benzene rings is 2. The van der Waals surface area contributed by atoms with E-state index in [-0.39, 0.29) is 5.91 Å². The molecule has 0 unspecified atom stereocenters. The Hall–Kier alpha value is -3.01. The molecular formula is C18H15N3O. The van der Waals surface area contributed by atoms with Gasteiger partial charge in [0.05, 0.1) is 17.9 Å². The van der Waals surface area contributed by atoms with E-state index in [9.17, 15) is 4.79 Å². The number of fused-ring (bicyclic) bond motifs is 3. The van der Waals surface area contributed by atoms with E-state index in [1.54, 1.807) is 24.3 Å². The van der Waals surface area contributed by atoms with Crippen molar-refractivity contribution in [1.29, 1.82) is 0 Å². The molecule has 0 aliphatic carbocycles. The summed E-state index contributed by atoms with van der Waals surface area (Å²) < 4.78 is 2.13. The minimum absolute atomic E-state index is 0.0140. The molecule has 1 amide bonds. The molecule has 0 radical (unpaired) electrons. The lowest BCUT2D eigenvalue weighted by Crippen LogP contribution is -2.34. The molecule has 1 aliphatic heterocycles. The summed E-state index contributed by atoms with van der Waals surface area (Å²) in [7, 11) is 0. The molecule has 22 heavy (non-hydrogen) atoms. The van der Waals surface area contributed by atoms with Crippen molar-refractivity contribution in [3.63, 3.8) is 0 Å². The largest absolute Gasteiger partial charge is 0.399 e. The van der Waals surface area contributed by atoms with E-state index in [0.29, 0.717) is 17.8 Å². The van der Waals surface area contributed by atoms with Gasteiger partial charge in [0.2, 0.25) is 0 Å². The Kier molecular flexibility index (Phi) is 2.76. The van der Waals surface area contributed by atoms with E-state index >= 15 is 0 Å². The van der Waals surface area contributed by atoms with E-state index in [1.807, 2.05) is 47.5 Å². The maximum absolute atomic E-state index is 12.9. The molecule has 4 heteroatoms. The molecule has 3 aromatic rings. The normalized spacial score (nSPS) is 12.6. The van der Waals surface area contributed by atoms with Crippen LogP contribution in [0.2, 0.25) is 0 Å². The highest BCUT2D eigenvalue weighted by Crippen LogP contribution is 2.33. The van der Waals surface area contributed by atoms with Gasteiger partial charge in [-0.05, 0) is 48.5 Å². The van der Waals surface area contributed by atoms with Crippen LogP contribution in [-0.2, 0) is 6.54 Å². The number of nitrogens with zero attached hydrogens (tertiary/aromatic N) is 2. The van der Waals surface area contributed by atoms with Crippen LogP contribution in [0.3, 0.4) is 0 Å². The van der Waals surface area contributed by atoms with Gasteiger partial charge in [0.1, 0.15) is 0 Å². The molecule has 1 aliphatic rings. The molecule has 0 bridgehead atoms. The first-order valence-electron chi connectivity index (χ1n) is 7.17. The average Bonchev–Trinajstić information content (AvgIpc) is 3.03. The highest BCUT2D eigenvalue weighted by atomic mass is 16.2. The fourth-order valence-electron chi connectivity index (χ4n) is 2.89. The zero-order valence-corrected chi connectivity index (χ0v) is 11.9. The molecule has 1 aromatic heterocycles. The van der Waals surface area contributed by atoms with Crippen LogP contribution in [0, 0.1) is 0 Å². The highest BCUT2D eigenvalue weighted by Gasteiger charge is 2.26. The van der Waals surface area contributed by atoms with Gasteiger partial charge in [-0.15, -0.1) is 0 Å². The molecule has 0 fully saturated rings. The number of anilines is 2. The van der Waals surface area contributed by atoms with Crippen molar-refractivity contribution >= 4 is 17.3 Å². The molecule has 2 heterocycles. The number of rotatable bonds is 1. The van der Waals surface area contributed by atoms with Crippen molar-refractivity contribution in [2.75, 3.05) is 10.6 Å². The Morgan fingerprint density at radius 1 is 0.909 bits per heavy atom. The summed E-state index contributed by atoms with van der Waals surface area (Å²) in [4.78, 5) is 14.7. The number of hydrogen-bond donors (Lipinski definition) is 1. The Morgan fingerprint density at radius 2 is 1.64 bits per heavy atom. The zero-order valence-electron chi connectivity index (χ0n) is 11.9. The van der Waals surface area contributed by atoms with Gasteiger partial charge in [-0.2, -0.15) is 0 Å². The molecule has 0 saturated carbocycles. The summed E-state index contributed by atoms with van der Waals surface area (Å²) in [5.74, 6) is -0.0140. The summed E-state index contributed by atoms with van der Waals surface area (Å²) in [5, 5.41) is 0. The van der Waals surface area contributed by atoms with Crippen molar-refractivity contribution in [2.24, 2.45) is 0 Å². The predicted molar refractivity (Wildman–Crippen MR) is 87.1 cm³/mol. The van der Waals surface area contributed by atoms with Crippen LogP contribution in [-0.4, -0.2) is 10.5 Å². The van der Waals surface area contributed by atoms with Gasteiger partial charge in [0.25, 0.3) is 5.91 Å². The van der Waals surface area contributed by atoms with Gasteiger partial charge < -0.3 is 15.2 Å². The standard InChI is InChI=1S/C18H15N3O/c19-14-9-7-13(8-10-14)18(22)21-12-15-4-3-11-20(15)16-5-1-2-6-17(16)21/h1-11H,12,19H2. The number of hydrogen-bond acceptors (Lipinski definition) is 2. The van der Waals surface area contributed by atoms with E-state index < -0.39 is 0 Å². The molecule has 2 aromatic carbocycles. The minimum Gasteiger partial charge on any atom is -0.399 e. The predicted octanol–water partition coefficient (Wildman–Crippen LogP) is 3.22. The average molecular weight is 289 g/mol. The Labute approximate surface area is 128 Å². The number of amides is 1. The maximum atomic E-state index is 12.9. The van der Waals surface area contributed by atoms with Gasteiger partial charge in [-0.25, -0.2) is 0 Å². The minimum atomic E-state index is -0.0140.